The van der Waals surface area contributed by atoms with Crippen molar-refractivity contribution in [3.63, 3.8) is 0 Å². The molecular weight excluding hydrogens is 242 g/mol. The molecule has 0 saturated carbocycles. The summed E-state index contributed by atoms with van der Waals surface area (Å²) < 4.78 is 0. The van der Waals surface area contributed by atoms with Crippen LogP contribution in [0.1, 0.15) is 42.4 Å². The van der Waals surface area contributed by atoms with Crippen molar-refractivity contribution in [1.29, 1.82) is 0 Å². The van der Waals surface area contributed by atoms with Crippen molar-refractivity contribution in [3.05, 3.63) is 28.8 Å². The van der Waals surface area contributed by atoms with Crippen LogP contribution in [0.2, 0.25) is 0 Å². The molecule has 0 bridgehead atoms. The molecule has 1 aromatic carbocycles. The van der Waals surface area contributed by atoms with Gasteiger partial charge in [-0.1, -0.05) is 6.07 Å². The van der Waals surface area contributed by atoms with Crippen LogP contribution >= 0.6 is 0 Å². The van der Waals surface area contributed by atoms with Crippen LogP contribution in [-0.4, -0.2) is 23.5 Å². The van der Waals surface area contributed by atoms with Crippen LogP contribution in [0.4, 0.5) is 5.69 Å². The molecule has 102 valence electrons. The van der Waals surface area contributed by atoms with Gasteiger partial charge in [0.2, 0.25) is 5.91 Å². The summed E-state index contributed by atoms with van der Waals surface area (Å²) in [6, 6.07) is 4.04. The third-order valence-electron chi connectivity index (χ3n) is 3.71. The SMILES string of the molecule is CC(=O)N1CCC(CC(=O)O)c2c(C)cc(C)cc21. The van der Waals surface area contributed by atoms with Crippen LogP contribution in [0.25, 0.3) is 0 Å². The van der Waals surface area contributed by atoms with Crippen molar-refractivity contribution in [3.8, 4) is 0 Å². The Hall–Kier alpha value is -1.84. The number of aliphatic carboxylic acids is 1. The fourth-order valence-corrected chi connectivity index (χ4v) is 3.00. The first-order chi connectivity index (χ1) is 8.90. The number of benzene rings is 1. The maximum absolute atomic E-state index is 11.7. The standard InChI is InChI=1S/C15H19NO3/c1-9-6-10(2)15-12(8-14(18)19)4-5-16(11(3)17)13(15)7-9/h6-7,12H,4-5,8H2,1-3H3,(H,18,19). The van der Waals surface area contributed by atoms with E-state index in [1.54, 1.807) is 11.8 Å². The molecule has 1 atom stereocenters. The summed E-state index contributed by atoms with van der Waals surface area (Å²) in [5.41, 5.74) is 4.09. The number of anilines is 1. The van der Waals surface area contributed by atoms with Gasteiger partial charge in [-0.2, -0.15) is 0 Å². The number of hydrogen-bond donors (Lipinski definition) is 1. The van der Waals surface area contributed by atoms with E-state index in [-0.39, 0.29) is 18.2 Å². The van der Waals surface area contributed by atoms with Crippen LogP contribution in [-0.2, 0) is 9.59 Å². The average molecular weight is 261 g/mol. The lowest BCUT2D eigenvalue weighted by Crippen LogP contribution is -2.36. The van der Waals surface area contributed by atoms with Crippen LogP contribution in [0, 0.1) is 13.8 Å². The number of rotatable bonds is 2. The Kier molecular flexibility index (Phi) is 3.60. The number of carbonyl (C=O) groups excluding carboxylic acids is 1. The quantitative estimate of drug-likeness (QED) is 0.890. The Balaban J connectivity index is 2.53. The van der Waals surface area contributed by atoms with Gasteiger partial charge in [0.15, 0.2) is 0 Å². The maximum Gasteiger partial charge on any atom is 0.303 e. The van der Waals surface area contributed by atoms with E-state index in [2.05, 4.69) is 6.07 Å². The van der Waals surface area contributed by atoms with Crippen LogP contribution in [0.15, 0.2) is 12.1 Å². The third-order valence-corrected chi connectivity index (χ3v) is 3.71. The second-order valence-corrected chi connectivity index (χ2v) is 5.27. The van der Waals surface area contributed by atoms with Crippen LogP contribution < -0.4 is 4.90 Å². The van der Waals surface area contributed by atoms with E-state index in [1.807, 2.05) is 19.9 Å². The zero-order chi connectivity index (χ0) is 14.2. The highest BCUT2D eigenvalue weighted by Crippen LogP contribution is 2.40. The highest BCUT2D eigenvalue weighted by atomic mass is 16.4. The summed E-state index contributed by atoms with van der Waals surface area (Å²) in [6.07, 6.45) is 0.839. The molecule has 0 aromatic heterocycles. The second-order valence-electron chi connectivity index (χ2n) is 5.27. The number of nitrogens with zero attached hydrogens (tertiary/aromatic N) is 1. The minimum atomic E-state index is -0.785. The largest absolute Gasteiger partial charge is 0.481 e. The first kappa shape index (κ1) is 13.6. The van der Waals surface area contributed by atoms with E-state index in [0.717, 1.165) is 22.4 Å². The zero-order valence-corrected chi connectivity index (χ0v) is 11.6. The number of amides is 1. The minimum Gasteiger partial charge on any atom is -0.481 e. The number of fused-ring (bicyclic) bond motifs is 1. The lowest BCUT2D eigenvalue weighted by Gasteiger charge is -2.34. The number of hydrogen-bond acceptors (Lipinski definition) is 2. The summed E-state index contributed by atoms with van der Waals surface area (Å²) in [5, 5.41) is 9.03. The molecule has 1 aliphatic heterocycles. The Morgan fingerprint density at radius 1 is 1.37 bits per heavy atom. The molecule has 19 heavy (non-hydrogen) atoms. The highest BCUT2D eigenvalue weighted by molar-refractivity contribution is 5.93. The topological polar surface area (TPSA) is 57.6 Å². The lowest BCUT2D eigenvalue weighted by atomic mass is 9.84. The van der Waals surface area contributed by atoms with Gasteiger partial charge in [0.1, 0.15) is 0 Å². The van der Waals surface area contributed by atoms with Gasteiger partial charge in [0.05, 0.1) is 6.42 Å². The van der Waals surface area contributed by atoms with E-state index in [4.69, 9.17) is 5.11 Å². The molecule has 1 aromatic rings. The van der Waals surface area contributed by atoms with E-state index in [1.165, 1.54) is 0 Å². The number of carboxylic acids is 1. The van der Waals surface area contributed by atoms with Gasteiger partial charge in [-0.05, 0) is 48.9 Å². The van der Waals surface area contributed by atoms with Crippen molar-refractivity contribution in [2.75, 3.05) is 11.4 Å². The van der Waals surface area contributed by atoms with Gasteiger partial charge in [-0.15, -0.1) is 0 Å². The van der Waals surface area contributed by atoms with Gasteiger partial charge < -0.3 is 10.0 Å². The van der Waals surface area contributed by atoms with Gasteiger partial charge in [-0.25, -0.2) is 0 Å². The molecule has 2 rings (SSSR count). The summed E-state index contributed by atoms with van der Waals surface area (Å²) in [5.74, 6) is -0.768. The Bertz CT molecular complexity index is 536. The molecule has 0 saturated heterocycles. The molecule has 1 aliphatic rings. The average Bonchev–Trinajstić information content (AvgIpc) is 2.26. The van der Waals surface area contributed by atoms with Crippen LogP contribution in [0.3, 0.4) is 0 Å². The summed E-state index contributed by atoms with van der Waals surface area (Å²) >= 11 is 0. The number of carboxylic acid groups (broad SMARTS) is 1. The molecule has 4 nitrogen and oxygen atoms in total. The summed E-state index contributed by atoms with van der Waals surface area (Å²) in [6.45, 7) is 6.14. The van der Waals surface area contributed by atoms with Gasteiger partial charge >= 0.3 is 5.97 Å². The molecule has 1 unspecified atom stereocenters. The minimum absolute atomic E-state index is 0.00343. The van der Waals surface area contributed by atoms with Gasteiger partial charge in [0, 0.05) is 19.2 Å². The Labute approximate surface area is 113 Å². The molecule has 1 amide bonds. The highest BCUT2D eigenvalue weighted by Gasteiger charge is 2.30. The summed E-state index contributed by atoms with van der Waals surface area (Å²) in [7, 11) is 0. The van der Waals surface area contributed by atoms with Crippen molar-refractivity contribution in [2.45, 2.75) is 39.5 Å². The molecule has 0 spiro atoms. The molecule has 1 heterocycles. The first-order valence-electron chi connectivity index (χ1n) is 6.51. The van der Waals surface area contributed by atoms with Gasteiger partial charge in [-0.3, -0.25) is 9.59 Å². The Morgan fingerprint density at radius 3 is 2.63 bits per heavy atom. The predicted octanol–water partition coefficient (Wildman–Crippen LogP) is 2.62. The van der Waals surface area contributed by atoms with Gasteiger partial charge in [0.25, 0.3) is 0 Å². The first-order valence-corrected chi connectivity index (χ1v) is 6.51. The fourth-order valence-electron chi connectivity index (χ4n) is 3.00. The molecule has 0 radical (unpaired) electrons. The van der Waals surface area contributed by atoms with E-state index < -0.39 is 5.97 Å². The lowest BCUT2D eigenvalue weighted by molar-refractivity contribution is -0.137. The molecule has 0 aliphatic carbocycles. The van der Waals surface area contributed by atoms with E-state index in [0.29, 0.717) is 13.0 Å². The normalized spacial score (nSPS) is 18.1. The van der Waals surface area contributed by atoms with E-state index in [9.17, 15) is 9.59 Å². The Morgan fingerprint density at radius 2 is 2.05 bits per heavy atom. The molecule has 1 N–H and O–H groups in total. The second kappa shape index (κ2) is 5.03. The number of aryl methyl sites for hydroxylation is 2. The zero-order valence-electron chi connectivity index (χ0n) is 11.6. The van der Waals surface area contributed by atoms with Crippen LogP contribution in [0.5, 0.6) is 0 Å². The molecule has 0 fully saturated rings. The van der Waals surface area contributed by atoms with Crippen molar-refractivity contribution < 1.29 is 14.7 Å². The predicted molar refractivity (Wildman–Crippen MR) is 73.6 cm³/mol. The monoisotopic (exact) mass is 261 g/mol. The van der Waals surface area contributed by atoms with Crippen molar-refractivity contribution >= 4 is 17.6 Å². The number of carbonyl (C=O) groups is 2. The van der Waals surface area contributed by atoms with Crippen molar-refractivity contribution in [2.24, 2.45) is 0 Å². The van der Waals surface area contributed by atoms with Crippen molar-refractivity contribution in [1.82, 2.24) is 0 Å². The molecular formula is C15H19NO3. The maximum atomic E-state index is 11.7. The smallest absolute Gasteiger partial charge is 0.303 e. The molecule has 4 heteroatoms. The van der Waals surface area contributed by atoms with E-state index >= 15 is 0 Å². The summed E-state index contributed by atoms with van der Waals surface area (Å²) in [4.78, 5) is 24.5. The third kappa shape index (κ3) is 2.62. The fraction of sp³-hybridized carbons (Fsp3) is 0.467.